The van der Waals surface area contributed by atoms with Gasteiger partial charge in [0.1, 0.15) is 10.7 Å². The lowest BCUT2D eigenvalue weighted by Gasteiger charge is -2.29. The van der Waals surface area contributed by atoms with Crippen LogP contribution in [-0.4, -0.2) is 47.9 Å². The van der Waals surface area contributed by atoms with Gasteiger partial charge in [0.2, 0.25) is 11.9 Å². The average Bonchev–Trinajstić information content (AvgIpc) is 2.68. The minimum Gasteiger partial charge on any atom is -0.394 e. The van der Waals surface area contributed by atoms with Crippen LogP contribution < -0.4 is 21.7 Å². The van der Waals surface area contributed by atoms with E-state index in [1.54, 1.807) is 0 Å². The van der Waals surface area contributed by atoms with Crippen LogP contribution in [0.5, 0.6) is 0 Å². The first-order chi connectivity index (χ1) is 13.7. The summed E-state index contributed by atoms with van der Waals surface area (Å²) in [6.45, 7) is 2.26. The zero-order chi connectivity index (χ0) is 21.0. The molecule has 1 aromatic heterocycles. The van der Waals surface area contributed by atoms with Gasteiger partial charge in [-0.15, -0.1) is 0 Å². The van der Waals surface area contributed by atoms with E-state index in [0.29, 0.717) is 37.1 Å². The number of carbonyl (C=O) groups is 1. The van der Waals surface area contributed by atoms with E-state index in [-0.39, 0.29) is 23.1 Å². The van der Waals surface area contributed by atoms with Gasteiger partial charge in [-0.25, -0.2) is 4.98 Å². The summed E-state index contributed by atoms with van der Waals surface area (Å²) in [7, 11) is 0. The van der Waals surface area contributed by atoms with Gasteiger partial charge in [0.25, 0.3) is 0 Å². The molecule has 12 heteroatoms. The van der Waals surface area contributed by atoms with Gasteiger partial charge in [-0.05, 0) is 18.2 Å². The van der Waals surface area contributed by atoms with Crippen LogP contribution in [0.1, 0.15) is 5.56 Å². The molecule has 0 unspecified atom stereocenters. The van der Waals surface area contributed by atoms with Crippen molar-refractivity contribution in [3.8, 4) is 0 Å². The number of nitrogens with one attached hydrogen (secondary N) is 1. The van der Waals surface area contributed by atoms with Crippen molar-refractivity contribution in [2.75, 3.05) is 53.7 Å². The molecule has 0 aliphatic carbocycles. The van der Waals surface area contributed by atoms with E-state index in [1.807, 2.05) is 4.90 Å². The topological polar surface area (TPSA) is 119 Å². The van der Waals surface area contributed by atoms with Gasteiger partial charge in [0.15, 0.2) is 5.82 Å². The molecule has 0 bridgehead atoms. The normalized spacial score (nSPS) is 14.7. The van der Waals surface area contributed by atoms with Gasteiger partial charge in [-0.3, -0.25) is 4.79 Å². The van der Waals surface area contributed by atoms with Crippen molar-refractivity contribution in [1.29, 1.82) is 0 Å². The molecule has 2 aromatic rings. The summed E-state index contributed by atoms with van der Waals surface area (Å²) in [5.41, 5.74) is 11.4. The second kappa shape index (κ2) is 8.74. The van der Waals surface area contributed by atoms with Crippen LogP contribution in [0.4, 0.5) is 36.3 Å². The van der Waals surface area contributed by atoms with Crippen molar-refractivity contribution in [3.63, 3.8) is 0 Å². The number of rotatable bonds is 5. The molecule has 0 saturated carbocycles. The third kappa shape index (κ3) is 5.41. The third-order valence-corrected chi connectivity index (χ3v) is 5.02. The Morgan fingerprint density at radius 1 is 1.24 bits per heavy atom. The van der Waals surface area contributed by atoms with E-state index in [4.69, 9.17) is 16.2 Å². The maximum absolute atomic E-state index is 12.8. The first-order valence-electron chi connectivity index (χ1n) is 8.59. The first-order valence-corrected chi connectivity index (χ1v) is 9.58. The molecule has 1 amide bonds. The van der Waals surface area contributed by atoms with Crippen molar-refractivity contribution in [3.05, 3.63) is 29.8 Å². The number of nitrogen functional groups attached to an aromatic ring is 2. The minimum atomic E-state index is -4.49. The molecule has 29 heavy (non-hydrogen) atoms. The van der Waals surface area contributed by atoms with Gasteiger partial charge in [-0.1, -0.05) is 17.8 Å². The number of nitrogens with two attached hydrogens (primary N) is 2. The highest BCUT2D eigenvalue weighted by Gasteiger charge is 2.30. The van der Waals surface area contributed by atoms with Gasteiger partial charge >= 0.3 is 6.18 Å². The molecular weight excluding hydrogens is 409 g/mol. The lowest BCUT2D eigenvalue weighted by Crippen LogP contribution is -2.37. The molecule has 0 spiro atoms. The number of halogens is 3. The summed E-state index contributed by atoms with van der Waals surface area (Å²) >= 11 is 1.03. The number of hydrogen-bond donors (Lipinski definition) is 3. The van der Waals surface area contributed by atoms with Crippen LogP contribution in [-0.2, 0) is 15.7 Å². The van der Waals surface area contributed by atoms with E-state index in [1.165, 1.54) is 12.1 Å². The Kier molecular flexibility index (Phi) is 6.33. The molecule has 8 nitrogen and oxygen atoms in total. The van der Waals surface area contributed by atoms with Crippen LogP contribution in [0.3, 0.4) is 0 Å². The van der Waals surface area contributed by atoms with E-state index < -0.39 is 17.6 Å². The molecule has 1 aliphatic rings. The molecule has 3 rings (SSSR count). The summed E-state index contributed by atoms with van der Waals surface area (Å²) in [6, 6.07) is 4.41. The lowest BCUT2D eigenvalue weighted by atomic mass is 10.2. The highest BCUT2D eigenvalue weighted by molar-refractivity contribution is 8.00. The largest absolute Gasteiger partial charge is 0.416 e. The second-order valence-corrected chi connectivity index (χ2v) is 7.10. The van der Waals surface area contributed by atoms with Crippen LogP contribution in [0.25, 0.3) is 0 Å². The molecule has 0 radical (unpaired) electrons. The van der Waals surface area contributed by atoms with E-state index in [2.05, 4.69) is 15.3 Å². The molecule has 1 aromatic carbocycles. The molecule has 1 fully saturated rings. The van der Waals surface area contributed by atoms with E-state index in [0.717, 1.165) is 23.9 Å². The van der Waals surface area contributed by atoms with Gasteiger partial charge in [0.05, 0.1) is 24.5 Å². The zero-order valence-corrected chi connectivity index (χ0v) is 16.0. The van der Waals surface area contributed by atoms with Crippen molar-refractivity contribution in [2.45, 2.75) is 11.2 Å². The average molecular weight is 428 g/mol. The Balaban J connectivity index is 1.66. The first kappa shape index (κ1) is 21.0. The summed E-state index contributed by atoms with van der Waals surface area (Å²) < 4.78 is 43.6. The number of benzene rings is 1. The number of hydrogen-bond acceptors (Lipinski definition) is 8. The molecule has 5 N–H and O–H groups in total. The predicted octanol–water partition coefficient (Wildman–Crippen LogP) is 2.23. The summed E-state index contributed by atoms with van der Waals surface area (Å²) in [5, 5.41) is 2.77. The van der Waals surface area contributed by atoms with E-state index >= 15 is 0 Å². The van der Waals surface area contributed by atoms with Crippen molar-refractivity contribution in [2.24, 2.45) is 0 Å². The number of nitrogens with zero attached hydrogens (tertiary/aromatic N) is 3. The molecule has 2 heterocycles. The smallest absolute Gasteiger partial charge is 0.394 e. The molecular formula is C17H19F3N6O2S. The third-order valence-electron chi connectivity index (χ3n) is 4.03. The number of anilines is 4. The van der Waals surface area contributed by atoms with Crippen molar-refractivity contribution >= 4 is 40.8 Å². The number of morpholine rings is 1. The van der Waals surface area contributed by atoms with Gasteiger partial charge < -0.3 is 26.4 Å². The lowest BCUT2D eigenvalue weighted by molar-refractivity contribution is -0.137. The van der Waals surface area contributed by atoms with Gasteiger partial charge in [0, 0.05) is 18.8 Å². The quantitative estimate of drug-likeness (QED) is 0.490. The molecule has 1 saturated heterocycles. The number of aromatic nitrogens is 2. The number of alkyl halides is 3. The maximum atomic E-state index is 12.8. The number of amides is 1. The number of carbonyl (C=O) groups excluding carboxylic acids is 1. The summed E-state index contributed by atoms with van der Waals surface area (Å²) in [6.07, 6.45) is -4.49. The number of thioether (sulfide) groups is 1. The van der Waals surface area contributed by atoms with E-state index in [9.17, 15) is 18.0 Å². The minimum absolute atomic E-state index is 0.0153. The Labute approximate surface area is 168 Å². The fourth-order valence-electron chi connectivity index (χ4n) is 2.68. The fraction of sp³-hybridized carbons (Fsp3) is 0.353. The van der Waals surface area contributed by atoms with Crippen LogP contribution in [0.15, 0.2) is 29.3 Å². The SMILES string of the molecule is Nc1nc(SCC(=O)Nc2cccc(C(F)(F)F)c2)c(N)c(N2CCOCC2)n1. The molecule has 1 aliphatic heterocycles. The summed E-state index contributed by atoms with van der Waals surface area (Å²) in [5.74, 6) is -0.124. The Bertz CT molecular complexity index is 890. The number of ether oxygens (including phenoxy) is 1. The Morgan fingerprint density at radius 2 is 1.97 bits per heavy atom. The summed E-state index contributed by atoms with van der Waals surface area (Å²) in [4.78, 5) is 22.3. The highest BCUT2D eigenvalue weighted by atomic mass is 32.2. The van der Waals surface area contributed by atoms with Crippen LogP contribution in [0, 0.1) is 0 Å². The monoisotopic (exact) mass is 428 g/mol. The van der Waals surface area contributed by atoms with Crippen LogP contribution in [0.2, 0.25) is 0 Å². The van der Waals surface area contributed by atoms with Crippen LogP contribution >= 0.6 is 11.8 Å². The fourth-order valence-corrected chi connectivity index (χ4v) is 3.43. The van der Waals surface area contributed by atoms with Crippen molar-refractivity contribution < 1.29 is 22.7 Å². The predicted molar refractivity (Wildman–Crippen MR) is 105 cm³/mol. The van der Waals surface area contributed by atoms with Crippen molar-refractivity contribution in [1.82, 2.24) is 9.97 Å². The Hall–Kier alpha value is -2.73. The highest BCUT2D eigenvalue weighted by Crippen LogP contribution is 2.32. The zero-order valence-electron chi connectivity index (χ0n) is 15.2. The molecule has 0 atom stereocenters. The molecule has 156 valence electrons. The second-order valence-electron chi connectivity index (χ2n) is 6.14. The standard InChI is InChI=1S/C17H19F3N6O2S/c18-17(19,20)10-2-1-3-11(8-10)23-12(27)9-29-15-13(21)14(24-16(22)25-15)26-4-6-28-7-5-26/h1-3,8H,4-7,9,21H2,(H,23,27)(H2,22,24,25). The Morgan fingerprint density at radius 3 is 2.66 bits per heavy atom. The van der Waals surface area contributed by atoms with Gasteiger partial charge in [-0.2, -0.15) is 18.2 Å². The maximum Gasteiger partial charge on any atom is 0.416 e.